The minimum absolute atomic E-state index is 0.365. The van der Waals surface area contributed by atoms with E-state index in [9.17, 15) is 4.79 Å². The first-order valence-electron chi connectivity index (χ1n) is 5.67. The number of hydrogen-bond donors (Lipinski definition) is 1. The van der Waals surface area contributed by atoms with E-state index in [1.807, 2.05) is 12.1 Å². The standard InChI is InChI=1S/C13H13BrN2O2S/c1-18-13(17)9-2-3-10(16-6-9)7-15-8-11-4-5-12(14)19-11/h2-6,15H,7-8H2,1H3. The molecular formula is C13H13BrN2O2S. The summed E-state index contributed by atoms with van der Waals surface area (Å²) in [7, 11) is 1.36. The molecule has 2 heterocycles. The molecule has 0 amide bonds. The van der Waals surface area contributed by atoms with Crippen LogP contribution in [0.15, 0.2) is 34.2 Å². The van der Waals surface area contributed by atoms with Crippen molar-refractivity contribution in [2.45, 2.75) is 13.1 Å². The molecule has 0 fully saturated rings. The number of esters is 1. The van der Waals surface area contributed by atoms with Crippen LogP contribution in [0.25, 0.3) is 0 Å². The van der Waals surface area contributed by atoms with Crippen LogP contribution in [0.5, 0.6) is 0 Å². The van der Waals surface area contributed by atoms with E-state index in [-0.39, 0.29) is 5.97 Å². The largest absolute Gasteiger partial charge is 0.465 e. The fraction of sp³-hybridized carbons (Fsp3) is 0.231. The highest BCUT2D eigenvalue weighted by Crippen LogP contribution is 2.21. The molecule has 0 saturated heterocycles. The normalized spacial score (nSPS) is 10.4. The van der Waals surface area contributed by atoms with E-state index < -0.39 is 0 Å². The number of carbonyl (C=O) groups is 1. The SMILES string of the molecule is COC(=O)c1ccc(CNCc2ccc(Br)s2)nc1. The maximum Gasteiger partial charge on any atom is 0.339 e. The maximum absolute atomic E-state index is 11.2. The Hall–Kier alpha value is -1.24. The van der Waals surface area contributed by atoms with Crippen LogP contribution in [0.4, 0.5) is 0 Å². The van der Waals surface area contributed by atoms with E-state index in [0.717, 1.165) is 16.0 Å². The van der Waals surface area contributed by atoms with Crippen molar-refractivity contribution in [3.63, 3.8) is 0 Å². The van der Waals surface area contributed by atoms with Crippen molar-refractivity contribution >= 4 is 33.2 Å². The van der Waals surface area contributed by atoms with Crippen LogP contribution < -0.4 is 5.32 Å². The van der Waals surface area contributed by atoms with Crippen LogP contribution in [-0.2, 0) is 17.8 Å². The van der Waals surface area contributed by atoms with E-state index in [0.29, 0.717) is 12.1 Å². The van der Waals surface area contributed by atoms with E-state index in [2.05, 4.69) is 37.0 Å². The van der Waals surface area contributed by atoms with Gasteiger partial charge in [-0.05, 0) is 40.2 Å². The van der Waals surface area contributed by atoms with Gasteiger partial charge in [-0.25, -0.2) is 4.79 Å². The number of nitrogens with one attached hydrogen (secondary N) is 1. The molecule has 2 aromatic heterocycles. The molecule has 2 aromatic rings. The molecule has 0 aliphatic rings. The second-order valence-electron chi connectivity index (χ2n) is 3.84. The molecule has 0 aliphatic carbocycles. The Morgan fingerprint density at radius 2 is 2.21 bits per heavy atom. The zero-order valence-corrected chi connectivity index (χ0v) is 12.8. The Balaban J connectivity index is 1.84. The number of pyridine rings is 1. The maximum atomic E-state index is 11.2. The van der Waals surface area contributed by atoms with Crippen molar-refractivity contribution in [1.29, 1.82) is 0 Å². The van der Waals surface area contributed by atoms with Crippen molar-refractivity contribution in [2.75, 3.05) is 7.11 Å². The van der Waals surface area contributed by atoms with E-state index >= 15 is 0 Å². The van der Waals surface area contributed by atoms with E-state index in [1.165, 1.54) is 18.2 Å². The predicted octanol–water partition coefficient (Wildman–Crippen LogP) is 2.98. The zero-order chi connectivity index (χ0) is 13.7. The lowest BCUT2D eigenvalue weighted by Crippen LogP contribution is -2.13. The highest BCUT2D eigenvalue weighted by Gasteiger charge is 2.05. The molecule has 0 atom stereocenters. The summed E-state index contributed by atoms with van der Waals surface area (Å²) in [6, 6.07) is 7.65. The van der Waals surface area contributed by atoms with Crippen molar-refractivity contribution in [3.05, 3.63) is 50.4 Å². The van der Waals surface area contributed by atoms with Crippen LogP contribution in [0, 0.1) is 0 Å². The van der Waals surface area contributed by atoms with Gasteiger partial charge in [-0.3, -0.25) is 4.98 Å². The third-order valence-corrected chi connectivity index (χ3v) is 4.10. The quantitative estimate of drug-likeness (QED) is 0.850. The number of aromatic nitrogens is 1. The van der Waals surface area contributed by atoms with Gasteiger partial charge in [-0.1, -0.05) is 0 Å². The summed E-state index contributed by atoms with van der Waals surface area (Å²) in [6.07, 6.45) is 1.53. The van der Waals surface area contributed by atoms with Crippen molar-refractivity contribution in [2.24, 2.45) is 0 Å². The highest BCUT2D eigenvalue weighted by atomic mass is 79.9. The fourth-order valence-electron chi connectivity index (χ4n) is 1.53. The summed E-state index contributed by atoms with van der Waals surface area (Å²) in [5, 5.41) is 3.30. The molecule has 0 aliphatic heterocycles. The number of ether oxygens (including phenoxy) is 1. The number of thiophene rings is 1. The van der Waals surface area contributed by atoms with Gasteiger partial charge in [0, 0.05) is 24.2 Å². The van der Waals surface area contributed by atoms with E-state index in [4.69, 9.17) is 0 Å². The first kappa shape index (κ1) is 14.2. The van der Waals surface area contributed by atoms with Crippen LogP contribution in [-0.4, -0.2) is 18.1 Å². The van der Waals surface area contributed by atoms with Gasteiger partial charge in [-0.15, -0.1) is 11.3 Å². The molecule has 6 heteroatoms. The second-order valence-corrected chi connectivity index (χ2v) is 6.39. The smallest absolute Gasteiger partial charge is 0.339 e. The zero-order valence-electron chi connectivity index (χ0n) is 10.4. The van der Waals surface area contributed by atoms with Crippen LogP contribution in [0.1, 0.15) is 20.9 Å². The van der Waals surface area contributed by atoms with Gasteiger partial charge in [-0.2, -0.15) is 0 Å². The van der Waals surface area contributed by atoms with Gasteiger partial charge in [0.05, 0.1) is 22.2 Å². The molecule has 4 nitrogen and oxygen atoms in total. The molecule has 19 heavy (non-hydrogen) atoms. The predicted molar refractivity (Wildman–Crippen MR) is 78.1 cm³/mol. The highest BCUT2D eigenvalue weighted by molar-refractivity contribution is 9.11. The summed E-state index contributed by atoms with van der Waals surface area (Å²) in [6.45, 7) is 1.47. The number of rotatable bonds is 5. The fourth-order valence-corrected chi connectivity index (χ4v) is 2.98. The summed E-state index contributed by atoms with van der Waals surface area (Å²) in [4.78, 5) is 16.7. The third-order valence-electron chi connectivity index (χ3n) is 2.48. The minimum atomic E-state index is -0.365. The number of methoxy groups -OCH3 is 1. The second kappa shape index (κ2) is 6.79. The van der Waals surface area contributed by atoms with Gasteiger partial charge in [0.25, 0.3) is 0 Å². The first-order valence-corrected chi connectivity index (χ1v) is 7.28. The number of hydrogen-bond acceptors (Lipinski definition) is 5. The lowest BCUT2D eigenvalue weighted by Gasteiger charge is -2.04. The van der Waals surface area contributed by atoms with E-state index in [1.54, 1.807) is 17.4 Å². The minimum Gasteiger partial charge on any atom is -0.465 e. The molecule has 2 rings (SSSR count). The molecule has 1 N–H and O–H groups in total. The molecule has 0 radical (unpaired) electrons. The Bertz CT molecular complexity index is 554. The lowest BCUT2D eigenvalue weighted by atomic mass is 10.2. The molecule has 0 saturated carbocycles. The Morgan fingerprint density at radius 1 is 1.37 bits per heavy atom. The number of halogens is 1. The van der Waals surface area contributed by atoms with Crippen LogP contribution in [0.3, 0.4) is 0 Å². The number of carbonyl (C=O) groups excluding carboxylic acids is 1. The summed E-state index contributed by atoms with van der Waals surface area (Å²) in [5.41, 5.74) is 1.36. The Kier molecular flexibility index (Phi) is 5.07. The van der Waals surface area contributed by atoms with Crippen molar-refractivity contribution in [1.82, 2.24) is 10.3 Å². The Labute approximate surface area is 124 Å². The van der Waals surface area contributed by atoms with Gasteiger partial charge >= 0.3 is 5.97 Å². The topological polar surface area (TPSA) is 51.2 Å². The van der Waals surface area contributed by atoms with Gasteiger partial charge in [0.2, 0.25) is 0 Å². The monoisotopic (exact) mass is 340 g/mol. The van der Waals surface area contributed by atoms with Crippen molar-refractivity contribution in [3.8, 4) is 0 Å². The number of nitrogens with zero attached hydrogens (tertiary/aromatic N) is 1. The van der Waals surface area contributed by atoms with Gasteiger partial charge in [0.15, 0.2) is 0 Å². The third kappa shape index (κ3) is 4.12. The Morgan fingerprint density at radius 3 is 2.79 bits per heavy atom. The van der Waals surface area contributed by atoms with Crippen molar-refractivity contribution < 1.29 is 9.53 Å². The molecule has 0 spiro atoms. The molecule has 100 valence electrons. The van der Waals surface area contributed by atoms with Crippen LogP contribution in [0.2, 0.25) is 0 Å². The average molecular weight is 341 g/mol. The first-order chi connectivity index (χ1) is 9.19. The summed E-state index contributed by atoms with van der Waals surface area (Å²) >= 11 is 5.14. The summed E-state index contributed by atoms with van der Waals surface area (Å²) < 4.78 is 5.75. The molecule has 0 unspecified atom stereocenters. The molecular weight excluding hydrogens is 328 g/mol. The molecule has 0 bridgehead atoms. The van der Waals surface area contributed by atoms with Gasteiger partial charge in [0.1, 0.15) is 0 Å². The molecule has 0 aromatic carbocycles. The van der Waals surface area contributed by atoms with Gasteiger partial charge < -0.3 is 10.1 Å². The summed E-state index contributed by atoms with van der Waals surface area (Å²) in [5.74, 6) is -0.365. The average Bonchev–Trinajstić information content (AvgIpc) is 2.84. The van der Waals surface area contributed by atoms with Crippen LogP contribution >= 0.6 is 27.3 Å². The lowest BCUT2D eigenvalue weighted by molar-refractivity contribution is 0.0600.